The number of ether oxygens (including phenoxy) is 1. The molecule has 16 heavy (non-hydrogen) atoms. The van der Waals surface area contributed by atoms with Crippen molar-refractivity contribution >= 4 is 5.57 Å². The van der Waals surface area contributed by atoms with Crippen molar-refractivity contribution in [3.8, 4) is 5.75 Å². The predicted octanol–water partition coefficient (Wildman–Crippen LogP) is 3.10. The van der Waals surface area contributed by atoms with Crippen LogP contribution in [-0.4, -0.2) is 20.2 Å². The highest BCUT2D eigenvalue weighted by Gasteiger charge is 2.05. The Bertz CT molecular complexity index is 344. The van der Waals surface area contributed by atoms with Crippen molar-refractivity contribution in [1.82, 2.24) is 5.32 Å². The maximum absolute atomic E-state index is 5.20. The summed E-state index contributed by atoms with van der Waals surface area (Å²) in [5.41, 5.74) is 2.70. The van der Waals surface area contributed by atoms with E-state index in [4.69, 9.17) is 4.74 Å². The van der Waals surface area contributed by atoms with Gasteiger partial charge in [0.15, 0.2) is 0 Å². The fourth-order valence-corrected chi connectivity index (χ4v) is 1.71. The molecule has 1 heterocycles. The van der Waals surface area contributed by atoms with E-state index < -0.39 is 0 Å². The normalized spacial score (nSPS) is 14.6. The van der Waals surface area contributed by atoms with Crippen LogP contribution in [0.4, 0.5) is 0 Å². The second-order valence-electron chi connectivity index (χ2n) is 3.42. The maximum atomic E-state index is 5.20. The molecular formula is C14H21NO. The third-order valence-corrected chi connectivity index (χ3v) is 2.50. The molecule has 2 nitrogen and oxygen atoms in total. The van der Waals surface area contributed by atoms with Crippen LogP contribution in [0, 0.1) is 0 Å². The van der Waals surface area contributed by atoms with Crippen molar-refractivity contribution in [2.45, 2.75) is 20.3 Å². The van der Waals surface area contributed by atoms with Crippen molar-refractivity contribution in [3.05, 3.63) is 35.9 Å². The minimum atomic E-state index is 0.932. The number of methoxy groups -OCH3 is 1. The average molecular weight is 219 g/mol. The zero-order valence-electron chi connectivity index (χ0n) is 10.4. The molecule has 0 fully saturated rings. The molecule has 0 atom stereocenters. The first kappa shape index (κ1) is 12.8. The van der Waals surface area contributed by atoms with Crippen LogP contribution in [0.5, 0.6) is 5.75 Å². The van der Waals surface area contributed by atoms with Gasteiger partial charge in [-0.25, -0.2) is 0 Å². The number of hydrogen-bond donors (Lipinski definition) is 1. The van der Waals surface area contributed by atoms with E-state index in [0.717, 1.165) is 25.3 Å². The van der Waals surface area contributed by atoms with Gasteiger partial charge in [0, 0.05) is 6.54 Å². The van der Waals surface area contributed by atoms with Gasteiger partial charge >= 0.3 is 0 Å². The number of hydrogen-bond acceptors (Lipinski definition) is 2. The molecule has 1 aliphatic rings. The van der Waals surface area contributed by atoms with E-state index in [1.54, 1.807) is 7.11 Å². The van der Waals surface area contributed by atoms with Crippen LogP contribution in [0.15, 0.2) is 30.3 Å². The van der Waals surface area contributed by atoms with Gasteiger partial charge in [0.1, 0.15) is 5.75 Å². The van der Waals surface area contributed by atoms with Gasteiger partial charge in [-0.15, -0.1) is 0 Å². The van der Waals surface area contributed by atoms with Crippen LogP contribution in [-0.2, 0) is 0 Å². The lowest BCUT2D eigenvalue weighted by Gasteiger charge is -2.14. The average Bonchev–Trinajstić information content (AvgIpc) is 2.42. The van der Waals surface area contributed by atoms with Crippen LogP contribution in [0.2, 0.25) is 0 Å². The van der Waals surface area contributed by atoms with E-state index in [-0.39, 0.29) is 0 Å². The Morgan fingerprint density at radius 1 is 1.25 bits per heavy atom. The summed E-state index contributed by atoms with van der Waals surface area (Å²) >= 11 is 0. The maximum Gasteiger partial charge on any atom is 0.119 e. The molecule has 0 unspecified atom stereocenters. The summed E-state index contributed by atoms with van der Waals surface area (Å²) in [5.74, 6) is 0.932. The Labute approximate surface area is 98.3 Å². The minimum Gasteiger partial charge on any atom is -0.497 e. The summed E-state index contributed by atoms with van der Waals surface area (Å²) in [6.07, 6.45) is 3.35. The van der Waals surface area contributed by atoms with Crippen LogP contribution in [0.1, 0.15) is 25.8 Å². The number of rotatable bonds is 2. The summed E-state index contributed by atoms with van der Waals surface area (Å²) < 4.78 is 5.20. The molecule has 1 aromatic carbocycles. The molecule has 0 bridgehead atoms. The Hall–Kier alpha value is -1.28. The molecule has 0 aliphatic carbocycles. The topological polar surface area (TPSA) is 21.3 Å². The molecule has 0 spiro atoms. The van der Waals surface area contributed by atoms with E-state index in [1.165, 1.54) is 11.1 Å². The molecule has 2 heteroatoms. The fourth-order valence-electron chi connectivity index (χ4n) is 1.71. The van der Waals surface area contributed by atoms with E-state index in [1.807, 2.05) is 26.0 Å². The third kappa shape index (κ3) is 3.38. The molecule has 0 amide bonds. The van der Waals surface area contributed by atoms with Gasteiger partial charge in [0.2, 0.25) is 0 Å². The van der Waals surface area contributed by atoms with Gasteiger partial charge in [0.25, 0.3) is 0 Å². The fraction of sp³-hybridized carbons (Fsp3) is 0.429. The quantitative estimate of drug-likeness (QED) is 0.825. The van der Waals surface area contributed by atoms with Crippen LogP contribution in [0.25, 0.3) is 5.57 Å². The Balaban J connectivity index is 0.000000606. The lowest BCUT2D eigenvalue weighted by atomic mass is 10.0. The first-order valence-corrected chi connectivity index (χ1v) is 5.94. The molecule has 0 radical (unpaired) electrons. The highest BCUT2D eigenvalue weighted by molar-refractivity contribution is 5.67. The number of nitrogens with one attached hydrogen (secondary N) is 1. The second kappa shape index (κ2) is 7.07. The van der Waals surface area contributed by atoms with Gasteiger partial charge in [-0.1, -0.05) is 32.1 Å². The molecule has 2 rings (SSSR count). The molecule has 0 saturated carbocycles. The van der Waals surface area contributed by atoms with Gasteiger partial charge in [-0.2, -0.15) is 0 Å². The smallest absolute Gasteiger partial charge is 0.119 e. The van der Waals surface area contributed by atoms with E-state index in [0.29, 0.717) is 0 Å². The summed E-state index contributed by atoms with van der Waals surface area (Å²) in [4.78, 5) is 0. The van der Waals surface area contributed by atoms with Crippen molar-refractivity contribution in [3.63, 3.8) is 0 Å². The third-order valence-electron chi connectivity index (χ3n) is 2.50. The Kier molecular flexibility index (Phi) is 5.65. The SMILES string of the molecule is CC.COc1cccc(C2=CCNCC2)c1. The zero-order valence-corrected chi connectivity index (χ0v) is 10.4. The molecule has 0 saturated heterocycles. The highest BCUT2D eigenvalue weighted by atomic mass is 16.5. The van der Waals surface area contributed by atoms with Crippen molar-refractivity contribution < 1.29 is 4.74 Å². The zero-order chi connectivity index (χ0) is 11.8. The Morgan fingerprint density at radius 2 is 2.06 bits per heavy atom. The van der Waals surface area contributed by atoms with E-state index in [9.17, 15) is 0 Å². The predicted molar refractivity (Wildman–Crippen MR) is 69.8 cm³/mol. The van der Waals surface area contributed by atoms with Crippen molar-refractivity contribution in [2.75, 3.05) is 20.2 Å². The molecule has 1 N–H and O–H groups in total. The van der Waals surface area contributed by atoms with Crippen molar-refractivity contribution in [2.24, 2.45) is 0 Å². The van der Waals surface area contributed by atoms with E-state index >= 15 is 0 Å². The summed E-state index contributed by atoms with van der Waals surface area (Å²) in [6, 6.07) is 8.25. The van der Waals surface area contributed by atoms with Gasteiger partial charge in [0.05, 0.1) is 7.11 Å². The van der Waals surface area contributed by atoms with Crippen LogP contribution in [0.3, 0.4) is 0 Å². The van der Waals surface area contributed by atoms with Gasteiger partial charge < -0.3 is 10.1 Å². The summed E-state index contributed by atoms with van der Waals surface area (Å²) in [5, 5.41) is 3.31. The Morgan fingerprint density at radius 3 is 2.69 bits per heavy atom. The minimum absolute atomic E-state index is 0.932. The second-order valence-corrected chi connectivity index (χ2v) is 3.42. The van der Waals surface area contributed by atoms with Gasteiger partial charge in [-0.3, -0.25) is 0 Å². The van der Waals surface area contributed by atoms with Crippen LogP contribution >= 0.6 is 0 Å². The van der Waals surface area contributed by atoms with Crippen LogP contribution < -0.4 is 10.1 Å². The standard InChI is InChI=1S/C12H15NO.C2H6/c1-14-12-4-2-3-11(9-12)10-5-7-13-8-6-10;1-2/h2-5,9,13H,6-8H2,1H3;1-2H3. The molecular weight excluding hydrogens is 198 g/mol. The highest BCUT2D eigenvalue weighted by Crippen LogP contribution is 2.23. The van der Waals surface area contributed by atoms with Gasteiger partial charge in [-0.05, 0) is 36.2 Å². The van der Waals surface area contributed by atoms with Crippen molar-refractivity contribution in [1.29, 1.82) is 0 Å². The molecule has 1 aliphatic heterocycles. The lowest BCUT2D eigenvalue weighted by molar-refractivity contribution is 0.414. The van der Waals surface area contributed by atoms with E-state index in [2.05, 4.69) is 23.5 Å². The summed E-state index contributed by atoms with van der Waals surface area (Å²) in [7, 11) is 1.70. The summed E-state index contributed by atoms with van der Waals surface area (Å²) in [6.45, 7) is 6.05. The first-order valence-electron chi connectivity index (χ1n) is 5.94. The molecule has 0 aromatic heterocycles. The monoisotopic (exact) mass is 219 g/mol. The number of benzene rings is 1. The molecule has 88 valence electrons. The molecule has 1 aromatic rings. The lowest BCUT2D eigenvalue weighted by Crippen LogP contribution is -2.19. The first-order chi connectivity index (χ1) is 7.90. The largest absolute Gasteiger partial charge is 0.497 e.